The number of hydrogen-bond donors (Lipinski definition) is 2. The van der Waals surface area contributed by atoms with Gasteiger partial charge in [-0.3, -0.25) is 4.79 Å². The Labute approximate surface area is 197 Å². The highest BCUT2D eigenvalue weighted by Gasteiger charge is 2.07. The highest BCUT2D eigenvalue weighted by Crippen LogP contribution is 2.24. The second-order valence-corrected chi connectivity index (χ2v) is 8.39. The van der Waals surface area contributed by atoms with Crippen molar-refractivity contribution in [2.45, 2.75) is 33.1 Å². The van der Waals surface area contributed by atoms with Crippen LogP contribution in [0.5, 0.6) is 11.5 Å². The molecule has 0 aliphatic rings. The number of amides is 1. The van der Waals surface area contributed by atoms with Crippen LogP contribution in [-0.4, -0.2) is 25.7 Å². The molecule has 3 aromatic carbocycles. The fraction of sp³-hybridized carbons (Fsp3) is 0.321. The maximum absolute atomic E-state index is 12.4. The van der Waals surface area contributed by atoms with Gasteiger partial charge in [0.15, 0.2) is 0 Å². The molecular weight excluding hydrogens is 412 g/mol. The number of rotatable bonds is 13. The van der Waals surface area contributed by atoms with E-state index in [0.29, 0.717) is 19.1 Å². The largest absolute Gasteiger partial charge is 0.494 e. The van der Waals surface area contributed by atoms with Gasteiger partial charge in [0.2, 0.25) is 5.91 Å². The van der Waals surface area contributed by atoms with Crippen LogP contribution in [0.2, 0.25) is 0 Å². The SMILES string of the molecule is CC(C)CCOc1ccc(NC(=O)CNc2ccccc2OCCCc2ccccc2)cc1. The fourth-order valence-corrected chi connectivity index (χ4v) is 3.27. The zero-order valence-electron chi connectivity index (χ0n) is 19.6. The first-order valence-corrected chi connectivity index (χ1v) is 11.6. The Morgan fingerprint density at radius 3 is 2.33 bits per heavy atom. The number of benzene rings is 3. The first-order chi connectivity index (χ1) is 16.1. The predicted molar refractivity (Wildman–Crippen MR) is 135 cm³/mol. The van der Waals surface area contributed by atoms with Gasteiger partial charge in [0, 0.05) is 5.69 Å². The number of ether oxygens (including phenoxy) is 2. The number of anilines is 2. The van der Waals surface area contributed by atoms with Crippen molar-refractivity contribution in [3.63, 3.8) is 0 Å². The third-order valence-electron chi connectivity index (χ3n) is 5.14. The van der Waals surface area contributed by atoms with E-state index in [2.05, 4.69) is 48.7 Å². The zero-order chi connectivity index (χ0) is 23.3. The summed E-state index contributed by atoms with van der Waals surface area (Å²) in [5.74, 6) is 2.05. The van der Waals surface area contributed by atoms with E-state index in [-0.39, 0.29) is 12.5 Å². The molecule has 2 N–H and O–H groups in total. The summed E-state index contributed by atoms with van der Waals surface area (Å²) in [6.45, 7) is 5.81. The quantitative estimate of drug-likeness (QED) is 0.308. The molecule has 3 rings (SSSR count). The van der Waals surface area contributed by atoms with Crippen LogP contribution in [0, 0.1) is 5.92 Å². The average Bonchev–Trinajstić information content (AvgIpc) is 2.83. The van der Waals surface area contributed by atoms with E-state index < -0.39 is 0 Å². The fourth-order valence-electron chi connectivity index (χ4n) is 3.27. The third-order valence-corrected chi connectivity index (χ3v) is 5.14. The van der Waals surface area contributed by atoms with Crippen LogP contribution in [-0.2, 0) is 11.2 Å². The molecule has 174 valence electrons. The lowest BCUT2D eigenvalue weighted by Crippen LogP contribution is -2.22. The van der Waals surface area contributed by atoms with Gasteiger partial charge >= 0.3 is 0 Å². The topological polar surface area (TPSA) is 59.6 Å². The number of aryl methyl sites for hydroxylation is 1. The number of hydrogen-bond acceptors (Lipinski definition) is 4. The van der Waals surface area contributed by atoms with Crippen molar-refractivity contribution in [1.29, 1.82) is 0 Å². The Hall–Kier alpha value is -3.47. The molecule has 0 aliphatic carbocycles. The van der Waals surface area contributed by atoms with Crippen LogP contribution in [0.15, 0.2) is 78.9 Å². The molecule has 33 heavy (non-hydrogen) atoms. The lowest BCUT2D eigenvalue weighted by atomic mass is 10.1. The Morgan fingerprint density at radius 1 is 0.848 bits per heavy atom. The molecule has 0 aliphatic heterocycles. The van der Waals surface area contributed by atoms with Gasteiger partial charge in [0.05, 0.1) is 25.4 Å². The molecule has 0 saturated carbocycles. The summed E-state index contributed by atoms with van der Waals surface area (Å²) in [7, 11) is 0. The average molecular weight is 447 g/mol. The first kappa shape index (κ1) is 24.2. The molecule has 0 spiro atoms. The molecule has 5 nitrogen and oxygen atoms in total. The molecule has 0 fully saturated rings. The minimum atomic E-state index is -0.123. The van der Waals surface area contributed by atoms with Crippen molar-refractivity contribution in [2.75, 3.05) is 30.4 Å². The lowest BCUT2D eigenvalue weighted by molar-refractivity contribution is -0.114. The Kier molecular flexibility index (Phi) is 9.64. The van der Waals surface area contributed by atoms with Crippen LogP contribution < -0.4 is 20.1 Å². The Bertz CT molecular complexity index is 972. The summed E-state index contributed by atoms with van der Waals surface area (Å²) in [4.78, 5) is 12.4. The highest BCUT2D eigenvalue weighted by atomic mass is 16.5. The number of carbonyl (C=O) groups excluding carboxylic acids is 1. The molecule has 0 aromatic heterocycles. The van der Waals surface area contributed by atoms with Crippen LogP contribution in [0.1, 0.15) is 32.3 Å². The molecule has 0 radical (unpaired) electrons. The predicted octanol–water partition coefficient (Wildman–Crippen LogP) is 6.17. The van der Waals surface area contributed by atoms with E-state index in [1.54, 1.807) is 0 Å². The van der Waals surface area contributed by atoms with Crippen LogP contribution >= 0.6 is 0 Å². The van der Waals surface area contributed by atoms with E-state index in [1.807, 2.05) is 54.6 Å². The second-order valence-electron chi connectivity index (χ2n) is 8.39. The maximum Gasteiger partial charge on any atom is 0.243 e. The van der Waals surface area contributed by atoms with Gasteiger partial charge in [-0.2, -0.15) is 0 Å². The van der Waals surface area contributed by atoms with Gasteiger partial charge < -0.3 is 20.1 Å². The van der Waals surface area contributed by atoms with Crippen molar-refractivity contribution in [2.24, 2.45) is 5.92 Å². The van der Waals surface area contributed by atoms with E-state index >= 15 is 0 Å². The van der Waals surface area contributed by atoms with Crippen LogP contribution in [0.25, 0.3) is 0 Å². The van der Waals surface area contributed by atoms with E-state index in [0.717, 1.165) is 42.1 Å². The van der Waals surface area contributed by atoms with Crippen molar-refractivity contribution >= 4 is 17.3 Å². The first-order valence-electron chi connectivity index (χ1n) is 11.6. The number of para-hydroxylation sites is 2. The molecule has 5 heteroatoms. The van der Waals surface area contributed by atoms with E-state index in [1.165, 1.54) is 5.56 Å². The molecule has 0 saturated heterocycles. The van der Waals surface area contributed by atoms with Crippen molar-refractivity contribution in [3.8, 4) is 11.5 Å². The van der Waals surface area contributed by atoms with Crippen LogP contribution in [0.4, 0.5) is 11.4 Å². The molecular formula is C28H34N2O3. The number of carbonyl (C=O) groups is 1. The van der Waals surface area contributed by atoms with Gasteiger partial charge in [-0.05, 0) is 67.1 Å². The standard InChI is InChI=1S/C28H34N2O3/c1-22(2)18-20-32-25-16-14-24(15-17-25)30-28(31)21-29-26-12-6-7-13-27(26)33-19-8-11-23-9-4-3-5-10-23/h3-7,9-10,12-17,22,29H,8,11,18-21H2,1-2H3,(H,30,31). The van der Waals surface area contributed by atoms with Gasteiger partial charge in [-0.25, -0.2) is 0 Å². The monoisotopic (exact) mass is 446 g/mol. The minimum absolute atomic E-state index is 0.123. The van der Waals surface area contributed by atoms with Gasteiger partial charge in [0.25, 0.3) is 0 Å². The van der Waals surface area contributed by atoms with Crippen molar-refractivity contribution in [3.05, 3.63) is 84.4 Å². The second kappa shape index (κ2) is 13.2. The molecule has 1 amide bonds. The van der Waals surface area contributed by atoms with Gasteiger partial charge in [0.1, 0.15) is 11.5 Å². The Balaban J connectivity index is 1.41. The van der Waals surface area contributed by atoms with Crippen LogP contribution in [0.3, 0.4) is 0 Å². The summed E-state index contributed by atoms with van der Waals surface area (Å²) < 4.78 is 11.7. The summed E-state index contributed by atoms with van der Waals surface area (Å²) >= 11 is 0. The summed E-state index contributed by atoms with van der Waals surface area (Å²) in [5.41, 5.74) is 2.85. The van der Waals surface area contributed by atoms with Gasteiger partial charge in [-0.1, -0.05) is 56.3 Å². The molecule has 0 atom stereocenters. The molecule has 0 heterocycles. The maximum atomic E-state index is 12.4. The summed E-state index contributed by atoms with van der Waals surface area (Å²) in [6.07, 6.45) is 2.92. The highest BCUT2D eigenvalue weighted by molar-refractivity contribution is 5.94. The molecule has 3 aromatic rings. The number of nitrogens with one attached hydrogen (secondary N) is 2. The zero-order valence-corrected chi connectivity index (χ0v) is 19.6. The molecule has 0 unspecified atom stereocenters. The van der Waals surface area contributed by atoms with E-state index in [4.69, 9.17) is 9.47 Å². The lowest BCUT2D eigenvalue weighted by Gasteiger charge is -2.13. The van der Waals surface area contributed by atoms with Crippen molar-refractivity contribution < 1.29 is 14.3 Å². The summed E-state index contributed by atoms with van der Waals surface area (Å²) in [6, 6.07) is 25.5. The van der Waals surface area contributed by atoms with Gasteiger partial charge in [-0.15, -0.1) is 0 Å². The minimum Gasteiger partial charge on any atom is -0.494 e. The third kappa shape index (κ3) is 8.89. The smallest absolute Gasteiger partial charge is 0.243 e. The Morgan fingerprint density at radius 2 is 1.58 bits per heavy atom. The normalized spacial score (nSPS) is 10.6. The molecule has 0 bridgehead atoms. The summed E-state index contributed by atoms with van der Waals surface area (Å²) in [5, 5.41) is 6.09. The van der Waals surface area contributed by atoms with Crippen molar-refractivity contribution in [1.82, 2.24) is 0 Å². The van der Waals surface area contributed by atoms with E-state index in [9.17, 15) is 4.79 Å².